The molecule has 31 heavy (non-hydrogen) atoms. The number of amides is 1. The van der Waals surface area contributed by atoms with Gasteiger partial charge in [0.05, 0.1) is 18.9 Å². The van der Waals surface area contributed by atoms with Crippen molar-refractivity contribution < 1.29 is 14.3 Å². The van der Waals surface area contributed by atoms with Gasteiger partial charge in [0.25, 0.3) is 5.91 Å². The number of guanidine groups is 1. The number of carbonyl (C=O) groups is 1. The summed E-state index contributed by atoms with van der Waals surface area (Å²) < 4.78 is 11.0. The highest BCUT2D eigenvalue weighted by Crippen LogP contribution is 2.31. The van der Waals surface area contributed by atoms with Crippen molar-refractivity contribution in [2.45, 2.75) is 19.8 Å². The van der Waals surface area contributed by atoms with Gasteiger partial charge in [-0.1, -0.05) is 12.1 Å². The zero-order valence-corrected chi connectivity index (χ0v) is 18.6. The molecule has 2 saturated heterocycles. The van der Waals surface area contributed by atoms with Crippen LogP contribution in [0.25, 0.3) is 0 Å². The molecule has 0 radical (unpaired) electrons. The molecule has 1 amide bonds. The van der Waals surface area contributed by atoms with Gasteiger partial charge in [-0.25, -0.2) is 0 Å². The van der Waals surface area contributed by atoms with E-state index < -0.39 is 0 Å². The first-order valence-corrected chi connectivity index (χ1v) is 11.6. The standard InChI is InChI=1S/C23H35N5O3/c1-2-24-23(27-11-8-19(17-27)16-26-12-14-30-15-13-26)25-9-5-10-28-20-6-3-4-7-21(20)31-18-22(28)29/h3-4,6-7,19H,2,5,8-18H2,1H3,(H,24,25). The number of carbonyl (C=O) groups excluding carboxylic acids is 1. The van der Waals surface area contributed by atoms with Crippen molar-refractivity contribution in [3.05, 3.63) is 24.3 Å². The number of rotatable bonds is 7. The van der Waals surface area contributed by atoms with Crippen molar-refractivity contribution in [1.82, 2.24) is 15.1 Å². The Kier molecular flexibility index (Phi) is 7.64. The van der Waals surface area contributed by atoms with Gasteiger partial charge in [0.1, 0.15) is 5.75 Å². The van der Waals surface area contributed by atoms with Gasteiger partial charge in [0.15, 0.2) is 12.6 Å². The lowest BCUT2D eigenvalue weighted by Crippen LogP contribution is -2.42. The van der Waals surface area contributed by atoms with E-state index in [0.29, 0.717) is 19.0 Å². The van der Waals surface area contributed by atoms with Crippen molar-refractivity contribution in [2.24, 2.45) is 10.9 Å². The van der Waals surface area contributed by atoms with E-state index in [1.807, 2.05) is 29.2 Å². The predicted molar refractivity (Wildman–Crippen MR) is 122 cm³/mol. The third kappa shape index (κ3) is 5.68. The summed E-state index contributed by atoms with van der Waals surface area (Å²) in [7, 11) is 0. The number of benzene rings is 1. The normalized spacial score (nSPS) is 22.4. The zero-order chi connectivity index (χ0) is 21.5. The Hall–Kier alpha value is -2.32. The van der Waals surface area contributed by atoms with Crippen LogP contribution in [-0.4, -0.2) is 93.8 Å². The maximum absolute atomic E-state index is 12.3. The van der Waals surface area contributed by atoms with Crippen LogP contribution in [0.2, 0.25) is 0 Å². The van der Waals surface area contributed by atoms with Crippen molar-refractivity contribution in [1.29, 1.82) is 0 Å². The minimum atomic E-state index is 0.0140. The topological polar surface area (TPSA) is 69.6 Å². The number of likely N-dealkylation sites (tertiary alicyclic amines) is 1. The lowest BCUT2D eigenvalue weighted by Gasteiger charge is -2.29. The molecule has 1 aromatic rings. The molecule has 1 unspecified atom stereocenters. The number of anilines is 1. The van der Waals surface area contributed by atoms with Gasteiger partial charge < -0.3 is 24.6 Å². The van der Waals surface area contributed by atoms with Crippen molar-refractivity contribution in [3.63, 3.8) is 0 Å². The van der Waals surface area contributed by atoms with Crippen LogP contribution in [0.1, 0.15) is 19.8 Å². The Bertz CT molecular complexity index is 765. The summed E-state index contributed by atoms with van der Waals surface area (Å²) in [5.74, 6) is 2.48. The molecule has 3 heterocycles. The molecule has 1 atom stereocenters. The van der Waals surface area contributed by atoms with Crippen LogP contribution in [-0.2, 0) is 9.53 Å². The van der Waals surface area contributed by atoms with Crippen molar-refractivity contribution in [3.8, 4) is 5.75 Å². The van der Waals surface area contributed by atoms with Crippen LogP contribution in [0.3, 0.4) is 0 Å². The molecule has 8 heteroatoms. The molecule has 0 bridgehead atoms. The van der Waals surface area contributed by atoms with E-state index in [0.717, 1.165) is 76.3 Å². The first kappa shape index (κ1) is 21.9. The molecule has 0 aromatic heterocycles. The van der Waals surface area contributed by atoms with Gasteiger partial charge >= 0.3 is 0 Å². The van der Waals surface area contributed by atoms with Gasteiger partial charge in [0, 0.05) is 52.4 Å². The van der Waals surface area contributed by atoms with Crippen LogP contribution in [0, 0.1) is 5.92 Å². The molecular weight excluding hydrogens is 394 g/mol. The number of para-hydroxylation sites is 2. The Morgan fingerprint density at radius 2 is 2.06 bits per heavy atom. The molecule has 3 aliphatic heterocycles. The molecule has 2 fully saturated rings. The van der Waals surface area contributed by atoms with E-state index in [9.17, 15) is 4.79 Å². The molecule has 170 valence electrons. The van der Waals surface area contributed by atoms with Crippen LogP contribution < -0.4 is 15.0 Å². The smallest absolute Gasteiger partial charge is 0.265 e. The quantitative estimate of drug-likeness (QED) is 0.402. The minimum absolute atomic E-state index is 0.0140. The van der Waals surface area contributed by atoms with Crippen molar-refractivity contribution in [2.75, 3.05) is 77.1 Å². The number of ether oxygens (including phenoxy) is 2. The molecule has 0 saturated carbocycles. The maximum atomic E-state index is 12.3. The van der Waals surface area contributed by atoms with Gasteiger partial charge in [-0.05, 0) is 37.8 Å². The fourth-order valence-electron chi connectivity index (χ4n) is 4.56. The third-order valence-electron chi connectivity index (χ3n) is 6.15. The number of fused-ring (bicyclic) bond motifs is 1. The van der Waals surface area contributed by atoms with Crippen LogP contribution in [0.5, 0.6) is 5.75 Å². The average Bonchev–Trinajstić information content (AvgIpc) is 3.26. The summed E-state index contributed by atoms with van der Waals surface area (Å²) in [5.41, 5.74) is 0.861. The van der Waals surface area contributed by atoms with E-state index in [1.165, 1.54) is 6.42 Å². The molecule has 4 rings (SSSR count). The highest BCUT2D eigenvalue weighted by Gasteiger charge is 2.27. The van der Waals surface area contributed by atoms with Crippen LogP contribution >= 0.6 is 0 Å². The van der Waals surface area contributed by atoms with Crippen molar-refractivity contribution >= 4 is 17.6 Å². The second-order valence-electron chi connectivity index (χ2n) is 8.40. The summed E-state index contributed by atoms with van der Waals surface area (Å²) in [6.07, 6.45) is 2.03. The third-order valence-corrected chi connectivity index (χ3v) is 6.15. The van der Waals surface area contributed by atoms with E-state index >= 15 is 0 Å². The molecule has 0 aliphatic carbocycles. The Balaban J connectivity index is 1.28. The van der Waals surface area contributed by atoms with Gasteiger partial charge in [-0.3, -0.25) is 14.7 Å². The second kappa shape index (κ2) is 10.8. The summed E-state index contributed by atoms with van der Waals surface area (Å²) in [5, 5.41) is 3.45. The molecule has 1 aromatic carbocycles. The SMILES string of the molecule is CCNC(=NCCCN1C(=O)COc2ccccc21)N1CCC(CN2CCOCC2)C1. The summed E-state index contributed by atoms with van der Waals surface area (Å²) in [4.78, 5) is 23.9. The van der Waals surface area contributed by atoms with Crippen LogP contribution in [0.4, 0.5) is 5.69 Å². The summed E-state index contributed by atoms with van der Waals surface area (Å²) in [6.45, 7) is 11.5. The number of aliphatic imine (C=N–C) groups is 1. The zero-order valence-electron chi connectivity index (χ0n) is 18.6. The van der Waals surface area contributed by atoms with E-state index in [2.05, 4.69) is 22.0 Å². The largest absolute Gasteiger partial charge is 0.482 e. The second-order valence-corrected chi connectivity index (χ2v) is 8.40. The molecule has 8 nitrogen and oxygen atoms in total. The molecule has 0 spiro atoms. The fraction of sp³-hybridized carbons (Fsp3) is 0.652. The highest BCUT2D eigenvalue weighted by atomic mass is 16.5. The number of morpholine rings is 1. The lowest BCUT2D eigenvalue weighted by molar-refractivity contribution is -0.121. The van der Waals surface area contributed by atoms with E-state index in [1.54, 1.807) is 0 Å². The molecule has 1 N–H and O–H groups in total. The van der Waals surface area contributed by atoms with Gasteiger partial charge in [0.2, 0.25) is 0 Å². The number of hydrogen-bond donors (Lipinski definition) is 1. The first-order valence-electron chi connectivity index (χ1n) is 11.6. The molecule has 3 aliphatic rings. The number of hydrogen-bond acceptors (Lipinski definition) is 5. The van der Waals surface area contributed by atoms with Crippen LogP contribution in [0.15, 0.2) is 29.3 Å². The average molecular weight is 430 g/mol. The van der Waals surface area contributed by atoms with Gasteiger partial charge in [-0.15, -0.1) is 0 Å². The van der Waals surface area contributed by atoms with Gasteiger partial charge in [-0.2, -0.15) is 0 Å². The number of nitrogens with zero attached hydrogens (tertiary/aromatic N) is 4. The Labute approximate surface area is 185 Å². The maximum Gasteiger partial charge on any atom is 0.265 e. The Morgan fingerprint density at radius 1 is 1.23 bits per heavy atom. The molecular formula is C23H35N5O3. The van der Waals surface area contributed by atoms with E-state index in [4.69, 9.17) is 14.5 Å². The van der Waals surface area contributed by atoms with E-state index in [-0.39, 0.29) is 12.5 Å². The fourth-order valence-corrected chi connectivity index (χ4v) is 4.56. The number of nitrogens with one attached hydrogen (secondary N) is 1. The summed E-state index contributed by atoms with van der Waals surface area (Å²) >= 11 is 0. The first-order chi connectivity index (χ1) is 15.2. The lowest BCUT2D eigenvalue weighted by atomic mass is 10.1. The highest BCUT2D eigenvalue weighted by molar-refractivity contribution is 5.97. The summed E-state index contributed by atoms with van der Waals surface area (Å²) in [6, 6.07) is 7.73. The Morgan fingerprint density at radius 3 is 2.90 bits per heavy atom. The monoisotopic (exact) mass is 429 g/mol. The predicted octanol–water partition coefficient (Wildman–Crippen LogP) is 1.42. The minimum Gasteiger partial charge on any atom is -0.482 e.